The second-order valence-electron chi connectivity index (χ2n) is 4.45. The number of ether oxygens (including phenoxy) is 2. The topological polar surface area (TPSA) is 69.4 Å². The molecule has 2 fully saturated rings. The average molecular weight is 239 g/mol. The lowest BCUT2D eigenvalue weighted by Crippen LogP contribution is -2.27. The van der Waals surface area contributed by atoms with Crippen LogP contribution in [0.3, 0.4) is 0 Å². The van der Waals surface area contributed by atoms with Crippen molar-refractivity contribution in [2.75, 3.05) is 32.9 Å². The van der Waals surface area contributed by atoms with Crippen molar-refractivity contribution in [3.8, 4) is 0 Å². The highest BCUT2D eigenvalue weighted by Gasteiger charge is 2.26. The maximum Gasteiger partial charge on any atom is 0.258 e. The van der Waals surface area contributed by atoms with Gasteiger partial charge in [0.1, 0.15) is 0 Å². The lowest BCUT2D eigenvalue weighted by molar-refractivity contribution is -0.101. The van der Waals surface area contributed by atoms with Gasteiger partial charge in [0.25, 0.3) is 5.89 Å². The van der Waals surface area contributed by atoms with E-state index in [9.17, 15) is 0 Å². The Morgan fingerprint density at radius 3 is 2.82 bits per heavy atom. The molecule has 3 rings (SSSR count). The Hall–Kier alpha value is -0.980. The maximum atomic E-state index is 5.53. The summed E-state index contributed by atoms with van der Waals surface area (Å²) in [5, 5.41) is 7.39. The van der Waals surface area contributed by atoms with Crippen LogP contribution in [-0.2, 0) is 9.47 Å². The molecule has 0 spiro atoms. The minimum Gasteiger partial charge on any atom is -0.376 e. The molecular formula is C11H17N3O3. The molecule has 2 saturated heterocycles. The van der Waals surface area contributed by atoms with Gasteiger partial charge in [-0.2, -0.15) is 4.98 Å². The molecule has 1 aromatic heterocycles. The molecule has 1 atom stereocenters. The highest BCUT2D eigenvalue weighted by Crippen LogP contribution is 2.25. The molecule has 6 nitrogen and oxygen atoms in total. The van der Waals surface area contributed by atoms with E-state index in [1.807, 2.05) is 0 Å². The van der Waals surface area contributed by atoms with E-state index < -0.39 is 0 Å². The Kier molecular flexibility index (Phi) is 3.35. The van der Waals surface area contributed by atoms with E-state index in [2.05, 4.69) is 15.5 Å². The fourth-order valence-electron chi connectivity index (χ4n) is 2.25. The lowest BCUT2D eigenvalue weighted by atomic mass is 9.98. The third-order valence-corrected chi connectivity index (χ3v) is 3.25. The molecule has 1 N–H and O–H groups in total. The Balaban J connectivity index is 1.68. The normalized spacial score (nSPS) is 27.2. The summed E-state index contributed by atoms with van der Waals surface area (Å²) in [5.74, 6) is 1.78. The molecule has 2 aliphatic heterocycles. The number of rotatable bonds is 2. The number of aromatic nitrogens is 2. The van der Waals surface area contributed by atoms with Gasteiger partial charge < -0.3 is 19.3 Å². The third kappa shape index (κ3) is 2.48. The van der Waals surface area contributed by atoms with Crippen molar-refractivity contribution in [3.05, 3.63) is 11.7 Å². The van der Waals surface area contributed by atoms with E-state index in [1.165, 1.54) is 0 Å². The molecule has 94 valence electrons. The molecule has 2 aliphatic rings. The minimum absolute atomic E-state index is 0.188. The van der Waals surface area contributed by atoms with E-state index in [0.29, 0.717) is 31.6 Å². The molecule has 1 unspecified atom stereocenters. The van der Waals surface area contributed by atoms with Crippen molar-refractivity contribution in [2.24, 2.45) is 0 Å². The number of piperidine rings is 1. The van der Waals surface area contributed by atoms with Gasteiger partial charge in [0.15, 0.2) is 11.9 Å². The standard InChI is InChI=1S/C11H17N3O3/c1-3-12-4-2-8(1)10-13-11(17-14-10)9-7-15-5-6-16-9/h8-9,12H,1-7H2. The van der Waals surface area contributed by atoms with Crippen LogP contribution < -0.4 is 5.32 Å². The highest BCUT2D eigenvalue weighted by atomic mass is 16.6. The minimum atomic E-state index is -0.188. The Morgan fingerprint density at radius 2 is 2.06 bits per heavy atom. The number of nitrogens with zero attached hydrogens (tertiary/aromatic N) is 2. The molecule has 0 bridgehead atoms. The second-order valence-corrected chi connectivity index (χ2v) is 4.45. The first-order valence-electron chi connectivity index (χ1n) is 6.17. The van der Waals surface area contributed by atoms with Gasteiger partial charge in [0.2, 0.25) is 0 Å². The zero-order valence-corrected chi connectivity index (χ0v) is 9.72. The first-order chi connectivity index (χ1) is 8.43. The molecule has 1 aromatic rings. The van der Waals surface area contributed by atoms with Crippen LogP contribution in [0, 0.1) is 0 Å². The average Bonchev–Trinajstić information content (AvgIpc) is 2.90. The maximum absolute atomic E-state index is 5.53. The third-order valence-electron chi connectivity index (χ3n) is 3.25. The first kappa shape index (κ1) is 11.1. The summed E-state index contributed by atoms with van der Waals surface area (Å²) >= 11 is 0. The van der Waals surface area contributed by atoms with Crippen LogP contribution in [0.25, 0.3) is 0 Å². The molecule has 0 aromatic carbocycles. The van der Waals surface area contributed by atoms with E-state index >= 15 is 0 Å². The fraction of sp³-hybridized carbons (Fsp3) is 0.818. The zero-order chi connectivity index (χ0) is 11.5. The van der Waals surface area contributed by atoms with Gasteiger partial charge in [-0.15, -0.1) is 0 Å². The van der Waals surface area contributed by atoms with Gasteiger partial charge in [-0.3, -0.25) is 0 Å². The molecular weight excluding hydrogens is 222 g/mol. The van der Waals surface area contributed by atoms with Crippen molar-refractivity contribution >= 4 is 0 Å². The molecule has 0 radical (unpaired) electrons. The summed E-state index contributed by atoms with van der Waals surface area (Å²) in [4.78, 5) is 4.45. The summed E-state index contributed by atoms with van der Waals surface area (Å²) in [6, 6.07) is 0. The van der Waals surface area contributed by atoms with Crippen LogP contribution in [0.4, 0.5) is 0 Å². The summed E-state index contributed by atoms with van der Waals surface area (Å²) in [5.41, 5.74) is 0. The van der Waals surface area contributed by atoms with Crippen LogP contribution in [0.1, 0.15) is 36.6 Å². The Bertz CT molecular complexity index is 324. The molecule has 0 amide bonds. The summed E-state index contributed by atoms with van der Waals surface area (Å²) in [6.45, 7) is 3.80. The van der Waals surface area contributed by atoms with Gasteiger partial charge in [0.05, 0.1) is 19.8 Å². The predicted octanol–water partition coefficient (Wildman–Crippen LogP) is 0.624. The van der Waals surface area contributed by atoms with Gasteiger partial charge in [-0.1, -0.05) is 5.16 Å². The van der Waals surface area contributed by atoms with E-state index in [-0.39, 0.29) is 6.10 Å². The molecule has 3 heterocycles. The number of hydrogen-bond acceptors (Lipinski definition) is 6. The summed E-state index contributed by atoms with van der Waals surface area (Å²) in [6.07, 6.45) is 1.95. The Morgan fingerprint density at radius 1 is 1.18 bits per heavy atom. The number of hydrogen-bond donors (Lipinski definition) is 1. The second kappa shape index (κ2) is 5.12. The quantitative estimate of drug-likeness (QED) is 0.816. The smallest absolute Gasteiger partial charge is 0.258 e. The van der Waals surface area contributed by atoms with Crippen LogP contribution in [-0.4, -0.2) is 43.1 Å². The first-order valence-corrected chi connectivity index (χ1v) is 6.17. The largest absolute Gasteiger partial charge is 0.376 e. The van der Waals surface area contributed by atoms with Crippen molar-refractivity contribution in [1.82, 2.24) is 15.5 Å². The monoisotopic (exact) mass is 239 g/mol. The highest BCUT2D eigenvalue weighted by molar-refractivity contribution is 4.99. The predicted molar refractivity (Wildman–Crippen MR) is 58.7 cm³/mol. The molecule has 17 heavy (non-hydrogen) atoms. The van der Waals surface area contributed by atoms with Crippen molar-refractivity contribution < 1.29 is 14.0 Å². The summed E-state index contributed by atoms with van der Waals surface area (Å²) < 4.78 is 16.1. The van der Waals surface area contributed by atoms with Crippen molar-refractivity contribution in [1.29, 1.82) is 0 Å². The van der Waals surface area contributed by atoms with Crippen molar-refractivity contribution in [3.63, 3.8) is 0 Å². The van der Waals surface area contributed by atoms with Crippen molar-refractivity contribution in [2.45, 2.75) is 24.9 Å². The zero-order valence-electron chi connectivity index (χ0n) is 9.72. The van der Waals surface area contributed by atoms with Gasteiger partial charge in [-0.05, 0) is 25.9 Å². The van der Waals surface area contributed by atoms with E-state index in [1.54, 1.807) is 0 Å². The van der Waals surface area contributed by atoms with Crippen LogP contribution in [0.2, 0.25) is 0 Å². The van der Waals surface area contributed by atoms with Crippen LogP contribution in [0.15, 0.2) is 4.52 Å². The summed E-state index contributed by atoms with van der Waals surface area (Å²) in [7, 11) is 0. The lowest BCUT2D eigenvalue weighted by Gasteiger charge is -2.20. The van der Waals surface area contributed by atoms with E-state index in [4.69, 9.17) is 14.0 Å². The van der Waals surface area contributed by atoms with Crippen LogP contribution in [0.5, 0.6) is 0 Å². The van der Waals surface area contributed by atoms with Crippen LogP contribution >= 0.6 is 0 Å². The number of nitrogens with one attached hydrogen (secondary N) is 1. The van der Waals surface area contributed by atoms with Gasteiger partial charge in [-0.25, -0.2) is 0 Å². The SMILES string of the molecule is C1CC(c2noc(C3COCCO3)n2)CCN1. The molecule has 0 saturated carbocycles. The fourth-order valence-corrected chi connectivity index (χ4v) is 2.25. The van der Waals surface area contributed by atoms with E-state index in [0.717, 1.165) is 31.8 Å². The van der Waals surface area contributed by atoms with Gasteiger partial charge >= 0.3 is 0 Å². The van der Waals surface area contributed by atoms with Gasteiger partial charge in [0, 0.05) is 5.92 Å². The molecule has 6 heteroatoms. The Labute approximate surface area is 99.7 Å². The molecule has 0 aliphatic carbocycles.